The lowest BCUT2D eigenvalue weighted by Crippen LogP contribution is -2.37. The highest BCUT2D eigenvalue weighted by molar-refractivity contribution is 7.99. The molecule has 0 aliphatic rings. The summed E-state index contributed by atoms with van der Waals surface area (Å²) in [5.74, 6) is 0.667. The maximum Gasteiger partial charge on any atom is 0.312 e. The number of aryl methyl sites for hydroxylation is 1. The van der Waals surface area contributed by atoms with Crippen molar-refractivity contribution in [3.05, 3.63) is 65.7 Å². The average molecular weight is 357 g/mol. The molecule has 6 heteroatoms. The largest absolute Gasteiger partial charge is 0.355 e. The Labute approximate surface area is 152 Å². The molecule has 132 valence electrons. The zero-order chi connectivity index (χ0) is 18.1. The molecule has 2 aromatic rings. The first-order valence-corrected chi connectivity index (χ1v) is 9.10. The van der Waals surface area contributed by atoms with Gasteiger partial charge in [0.25, 0.3) is 0 Å². The summed E-state index contributed by atoms with van der Waals surface area (Å²) in [6.45, 7) is 2.62. The Hall–Kier alpha value is -2.47. The van der Waals surface area contributed by atoms with Gasteiger partial charge in [0.05, 0.1) is 12.5 Å². The van der Waals surface area contributed by atoms with Crippen LogP contribution >= 0.6 is 11.8 Å². The van der Waals surface area contributed by atoms with Crippen molar-refractivity contribution in [2.24, 2.45) is 5.73 Å². The van der Waals surface area contributed by atoms with Gasteiger partial charge in [-0.05, 0) is 24.6 Å². The van der Waals surface area contributed by atoms with E-state index >= 15 is 0 Å². The molecule has 0 spiro atoms. The van der Waals surface area contributed by atoms with Gasteiger partial charge in [-0.2, -0.15) is 0 Å². The average Bonchev–Trinajstić information content (AvgIpc) is 2.60. The number of primary amides is 1. The first-order valence-electron chi connectivity index (χ1n) is 8.11. The van der Waals surface area contributed by atoms with Crippen molar-refractivity contribution in [3.63, 3.8) is 0 Å². The highest BCUT2D eigenvalue weighted by Crippen LogP contribution is 2.18. The van der Waals surface area contributed by atoms with Crippen LogP contribution in [-0.4, -0.2) is 24.2 Å². The van der Waals surface area contributed by atoms with Crippen LogP contribution in [0.3, 0.4) is 0 Å². The van der Waals surface area contributed by atoms with Crippen molar-refractivity contribution in [2.45, 2.75) is 24.3 Å². The number of amides is 3. The van der Waals surface area contributed by atoms with Crippen LogP contribution in [0, 0.1) is 6.92 Å². The predicted octanol–water partition coefficient (Wildman–Crippen LogP) is 3.00. The van der Waals surface area contributed by atoms with E-state index in [0.717, 1.165) is 11.3 Å². The first kappa shape index (κ1) is 18.9. The summed E-state index contributed by atoms with van der Waals surface area (Å²) in [6.07, 6.45) is 0.155. The van der Waals surface area contributed by atoms with Gasteiger partial charge in [-0.15, -0.1) is 11.8 Å². The molecule has 0 saturated heterocycles. The Bertz CT molecular complexity index is 690. The third-order valence-corrected chi connectivity index (χ3v) is 4.64. The molecule has 1 unspecified atom stereocenters. The van der Waals surface area contributed by atoms with Gasteiger partial charge in [-0.1, -0.05) is 48.0 Å². The molecule has 0 bridgehead atoms. The molecule has 5 nitrogen and oxygen atoms in total. The van der Waals surface area contributed by atoms with Crippen LogP contribution in [0.25, 0.3) is 0 Å². The Morgan fingerprint density at radius 1 is 1.08 bits per heavy atom. The second kappa shape index (κ2) is 9.74. The minimum atomic E-state index is -0.642. The van der Waals surface area contributed by atoms with Gasteiger partial charge in [0.15, 0.2) is 0 Å². The highest BCUT2D eigenvalue weighted by atomic mass is 32.2. The Morgan fingerprint density at radius 2 is 1.76 bits per heavy atom. The Balaban J connectivity index is 1.78. The van der Waals surface area contributed by atoms with Gasteiger partial charge in [0, 0.05) is 17.2 Å². The number of carbonyl (C=O) groups is 2. The lowest BCUT2D eigenvalue weighted by Gasteiger charge is -2.17. The molecule has 3 amide bonds. The van der Waals surface area contributed by atoms with E-state index in [-0.39, 0.29) is 12.3 Å². The molecule has 0 saturated carbocycles. The van der Waals surface area contributed by atoms with Crippen LogP contribution in [0.1, 0.15) is 23.6 Å². The van der Waals surface area contributed by atoms with E-state index < -0.39 is 12.1 Å². The number of urea groups is 1. The number of carbonyl (C=O) groups excluding carboxylic acids is 2. The van der Waals surface area contributed by atoms with Crippen molar-refractivity contribution in [1.29, 1.82) is 0 Å². The van der Waals surface area contributed by atoms with E-state index in [9.17, 15) is 9.59 Å². The van der Waals surface area contributed by atoms with Gasteiger partial charge in [-0.25, -0.2) is 4.79 Å². The van der Waals surface area contributed by atoms with Crippen molar-refractivity contribution >= 4 is 23.7 Å². The zero-order valence-electron chi connectivity index (χ0n) is 14.2. The minimum Gasteiger partial charge on any atom is -0.355 e. The maximum absolute atomic E-state index is 12.2. The first-order chi connectivity index (χ1) is 12.0. The molecule has 0 fully saturated rings. The molecular formula is C19H23N3O2S. The summed E-state index contributed by atoms with van der Waals surface area (Å²) in [6, 6.07) is 16.5. The third kappa shape index (κ3) is 6.89. The Morgan fingerprint density at radius 3 is 2.40 bits per heavy atom. The second-order valence-electron chi connectivity index (χ2n) is 5.69. The van der Waals surface area contributed by atoms with Gasteiger partial charge in [0.2, 0.25) is 5.91 Å². The molecule has 25 heavy (non-hydrogen) atoms. The predicted molar refractivity (Wildman–Crippen MR) is 101 cm³/mol. The van der Waals surface area contributed by atoms with Gasteiger partial charge >= 0.3 is 6.03 Å². The fraction of sp³-hybridized carbons (Fsp3) is 0.263. The van der Waals surface area contributed by atoms with Crippen molar-refractivity contribution in [1.82, 2.24) is 10.6 Å². The molecular weight excluding hydrogens is 334 g/mol. The van der Waals surface area contributed by atoms with Gasteiger partial charge < -0.3 is 16.4 Å². The summed E-state index contributed by atoms with van der Waals surface area (Å²) in [5, 5.41) is 5.51. The third-order valence-electron chi connectivity index (χ3n) is 3.62. The molecule has 0 aliphatic heterocycles. The molecule has 0 aliphatic carbocycles. The summed E-state index contributed by atoms with van der Waals surface area (Å²) >= 11 is 1.69. The van der Waals surface area contributed by atoms with Crippen LogP contribution < -0.4 is 16.4 Å². The van der Waals surface area contributed by atoms with E-state index in [4.69, 9.17) is 5.73 Å². The fourth-order valence-corrected chi connectivity index (χ4v) is 3.13. The van der Waals surface area contributed by atoms with E-state index in [1.54, 1.807) is 11.8 Å². The lowest BCUT2D eigenvalue weighted by atomic mass is 10.0. The van der Waals surface area contributed by atoms with Gasteiger partial charge in [0.1, 0.15) is 0 Å². The molecule has 4 N–H and O–H groups in total. The fourth-order valence-electron chi connectivity index (χ4n) is 2.36. The van der Waals surface area contributed by atoms with Crippen LogP contribution in [-0.2, 0) is 4.79 Å². The number of benzene rings is 2. The smallest absolute Gasteiger partial charge is 0.312 e. The number of nitrogens with one attached hydrogen (secondary N) is 2. The SMILES string of the molecule is Cc1ccc(SCCNC(=O)CC(NC(N)=O)c2ccccc2)cc1. The number of hydrogen-bond donors (Lipinski definition) is 3. The summed E-state index contributed by atoms with van der Waals surface area (Å²) in [4.78, 5) is 24.5. The van der Waals surface area contributed by atoms with Crippen LogP contribution in [0.4, 0.5) is 4.79 Å². The van der Waals surface area contributed by atoms with Gasteiger partial charge in [-0.3, -0.25) is 4.79 Å². The van der Waals surface area contributed by atoms with E-state index in [1.165, 1.54) is 10.5 Å². The quantitative estimate of drug-likeness (QED) is 0.501. The van der Waals surface area contributed by atoms with E-state index in [2.05, 4.69) is 41.8 Å². The topological polar surface area (TPSA) is 84.2 Å². The number of rotatable bonds is 8. The number of thioether (sulfide) groups is 1. The lowest BCUT2D eigenvalue weighted by molar-refractivity contribution is -0.121. The zero-order valence-corrected chi connectivity index (χ0v) is 15.0. The van der Waals surface area contributed by atoms with Crippen molar-refractivity contribution in [3.8, 4) is 0 Å². The number of hydrogen-bond acceptors (Lipinski definition) is 3. The summed E-state index contributed by atoms with van der Waals surface area (Å²) in [7, 11) is 0. The van der Waals surface area contributed by atoms with Crippen molar-refractivity contribution in [2.75, 3.05) is 12.3 Å². The van der Waals surface area contributed by atoms with Crippen LogP contribution in [0.2, 0.25) is 0 Å². The standard InChI is InChI=1S/C19H23N3O2S/c1-14-7-9-16(10-8-14)25-12-11-21-18(23)13-17(22-19(20)24)15-5-3-2-4-6-15/h2-10,17H,11-13H2,1H3,(H,21,23)(H3,20,22,24). The molecule has 2 rings (SSSR count). The number of nitrogens with two attached hydrogens (primary N) is 1. The molecule has 1 atom stereocenters. The van der Waals surface area contributed by atoms with Crippen molar-refractivity contribution < 1.29 is 9.59 Å². The normalized spacial score (nSPS) is 11.6. The molecule has 0 aromatic heterocycles. The maximum atomic E-state index is 12.2. The highest BCUT2D eigenvalue weighted by Gasteiger charge is 2.16. The Kier molecular flexibility index (Phi) is 7.35. The monoisotopic (exact) mass is 357 g/mol. The van der Waals surface area contributed by atoms with Crippen LogP contribution in [0.5, 0.6) is 0 Å². The minimum absolute atomic E-state index is 0.118. The van der Waals surface area contributed by atoms with Crippen LogP contribution in [0.15, 0.2) is 59.5 Å². The second-order valence-corrected chi connectivity index (χ2v) is 6.86. The van der Waals surface area contributed by atoms with E-state index in [0.29, 0.717) is 6.54 Å². The summed E-state index contributed by atoms with van der Waals surface area (Å²) in [5.41, 5.74) is 7.30. The summed E-state index contributed by atoms with van der Waals surface area (Å²) < 4.78 is 0. The molecule has 2 aromatic carbocycles. The molecule has 0 heterocycles. The van der Waals surface area contributed by atoms with E-state index in [1.807, 2.05) is 30.3 Å². The molecule has 0 radical (unpaired) electrons.